The Bertz CT molecular complexity index is 945. The van der Waals surface area contributed by atoms with Crippen molar-refractivity contribution >= 4 is 11.7 Å². The van der Waals surface area contributed by atoms with Gasteiger partial charge in [-0.15, -0.1) is 0 Å². The van der Waals surface area contributed by atoms with Gasteiger partial charge in [-0.25, -0.2) is 9.38 Å². The van der Waals surface area contributed by atoms with Gasteiger partial charge in [0, 0.05) is 26.6 Å². The molecule has 3 heterocycles. The van der Waals surface area contributed by atoms with Crippen molar-refractivity contribution in [1.29, 1.82) is 0 Å². The lowest BCUT2D eigenvalue weighted by Gasteiger charge is -2.36. The van der Waals surface area contributed by atoms with E-state index >= 15 is 0 Å². The van der Waals surface area contributed by atoms with Crippen molar-refractivity contribution in [3.8, 4) is 0 Å². The number of morpholine rings is 1. The summed E-state index contributed by atoms with van der Waals surface area (Å²) in [4.78, 5) is 12.7. The molecule has 1 N–H and O–H groups in total. The Kier molecular flexibility index (Phi) is 4.82. The SMILES string of the molecule is C=C1C(O)=C(c2nc(Cc3ccc(F)cc3)no2)N=C(N2CCOCC2)N1C. The molecule has 1 fully saturated rings. The van der Waals surface area contributed by atoms with Gasteiger partial charge in [-0.2, -0.15) is 4.98 Å². The van der Waals surface area contributed by atoms with E-state index in [4.69, 9.17) is 9.26 Å². The first-order chi connectivity index (χ1) is 13.5. The first-order valence-electron chi connectivity index (χ1n) is 8.88. The summed E-state index contributed by atoms with van der Waals surface area (Å²) in [6.07, 6.45) is 0.374. The summed E-state index contributed by atoms with van der Waals surface area (Å²) in [5, 5.41) is 14.5. The van der Waals surface area contributed by atoms with Gasteiger partial charge in [0.2, 0.25) is 5.96 Å². The Morgan fingerprint density at radius 3 is 2.64 bits per heavy atom. The third-order valence-electron chi connectivity index (χ3n) is 4.65. The van der Waals surface area contributed by atoms with Gasteiger partial charge >= 0.3 is 0 Å². The highest BCUT2D eigenvalue weighted by molar-refractivity contribution is 5.91. The molecule has 4 rings (SSSR count). The molecule has 0 aliphatic carbocycles. The number of halogens is 1. The van der Waals surface area contributed by atoms with Crippen LogP contribution in [0.2, 0.25) is 0 Å². The maximum Gasteiger partial charge on any atom is 0.280 e. The van der Waals surface area contributed by atoms with Crippen molar-refractivity contribution in [3.63, 3.8) is 0 Å². The van der Waals surface area contributed by atoms with E-state index in [1.54, 1.807) is 24.1 Å². The van der Waals surface area contributed by atoms with Gasteiger partial charge in [-0.05, 0) is 17.7 Å². The molecule has 0 atom stereocenters. The minimum Gasteiger partial charge on any atom is -0.504 e. The highest BCUT2D eigenvalue weighted by Crippen LogP contribution is 2.29. The summed E-state index contributed by atoms with van der Waals surface area (Å²) in [5.41, 5.74) is 1.42. The van der Waals surface area contributed by atoms with Crippen molar-refractivity contribution < 1.29 is 18.8 Å². The van der Waals surface area contributed by atoms with E-state index in [2.05, 4.69) is 26.6 Å². The number of ether oxygens (including phenoxy) is 1. The third-order valence-corrected chi connectivity index (χ3v) is 4.65. The van der Waals surface area contributed by atoms with Crippen LogP contribution in [-0.4, -0.2) is 64.4 Å². The van der Waals surface area contributed by atoms with Crippen LogP contribution >= 0.6 is 0 Å². The van der Waals surface area contributed by atoms with Crippen LogP contribution in [0.15, 0.2) is 51.8 Å². The molecular formula is C19H20FN5O3. The molecule has 8 nitrogen and oxygen atoms in total. The molecule has 2 aliphatic heterocycles. The fourth-order valence-corrected chi connectivity index (χ4v) is 3.05. The van der Waals surface area contributed by atoms with Crippen LogP contribution in [0, 0.1) is 5.82 Å². The first kappa shape index (κ1) is 18.2. The largest absolute Gasteiger partial charge is 0.504 e. The molecule has 1 aromatic heterocycles. The first-order valence-corrected chi connectivity index (χ1v) is 8.88. The minimum atomic E-state index is -0.303. The second kappa shape index (κ2) is 7.43. The van der Waals surface area contributed by atoms with Gasteiger partial charge in [-0.1, -0.05) is 23.9 Å². The average molecular weight is 385 g/mol. The summed E-state index contributed by atoms with van der Waals surface area (Å²) >= 11 is 0. The third kappa shape index (κ3) is 3.48. The van der Waals surface area contributed by atoms with E-state index in [1.165, 1.54) is 12.1 Å². The lowest BCUT2D eigenvalue weighted by Crippen LogP contribution is -2.48. The predicted octanol–water partition coefficient (Wildman–Crippen LogP) is 2.17. The molecule has 2 aromatic rings. The molecule has 28 heavy (non-hydrogen) atoms. The zero-order valence-electron chi connectivity index (χ0n) is 15.4. The second-order valence-corrected chi connectivity index (χ2v) is 6.53. The van der Waals surface area contributed by atoms with Gasteiger partial charge in [0.1, 0.15) is 5.82 Å². The molecule has 0 spiro atoms. The molecule has 1 saturated heterocycles. The highest BCUT2D eigenvalue weighted by Gasteiger charge is 2.30. The van der Waals surface area contributed by atoms with Crippen molar-refractivity contribution in [1.82, 2.24) is 19.9 Å². The Balaban J connectivity index is 1.61. The number of aliphatic hydroxyl groups is 1. The standard InChI is InChI=1S/C19H20FN5O3/c1-12-17(26)16(22-19(24(12)2)25-7-9-27-10-8-25)18-21-15(23-28-18)11-13-3-5-14(20)6-4-13/h3-6,26H,1,7-11H2,2H3. The van der Waals surface area contributed by atoms with Crippen LogP contribution in [0.1, 0.15) is 17.3 Å². The number of rotatable bonds is 3. The predicted molar refractivity (Wildman–Crippen MR) is 99.8 cm³/mol. The number of guanidine groups is 1. The maximum atomic E-state index is 13.1. The molecule has 0 amide bonds. The average Bonchev–Trinajstić information content (AvgIpc) is 3.17. The summed E-state index contributed by atoms with van der Waals surface area (Å²) in [7, 11) is 1.79. The number of nitrogens with zero attached hydrogens (tertiary/aromatic N) is 5. The molecular weight excluding hydrogens is 365 g/mol. The van der Waals surface area contributed by atoms with Gasteiger partial charge in [0.25, 0.3) is 5.89 Å². The highest BCUT2D eigenvalue weighted by atomic mass is 19.1. The summed E-state index contributed by atoms with van der Waals surface area (Å²) in [5.74, 6) is 0.738. The minimum absolute atomic E-state index is 0.106. The number of hydrogen-bond acceptors (Lipinski definition) is 8. The maximum absolute atomic E-state index is 13.1. The molecule has 0 saturated carbocycles. The second-order valence-electron chi connectivity index (χ2n) is 6.53. The van der Waals surface area contributed by atoms with E-state index in [-0.39, 0.29) is 23.2 Å². The Morgan fingerprint density at radius 2 is 1.93 bits per heavy atom. The van der Waals surface area contributed by atoms with Crippen molar-refractivity contribution in [2.75, 3.05) is 33.4 Å². The zero-order chi connectivity index (χ0) is 19.7. The van der Waals surface area contributed by atoms with Gasteiger partial charge in [0.15, 0.2) is 17.3 Å². The quantitative estimate of drug-likeness (QED) is 0.866. The van der Waals surface area contributed by atoms with E-state index in [9.17, 15) is 9.50 Å². The molecule has 1 aromatic carbocycles. The van der Waals surface area contributed by atoms with Crippen LogP contribution in [-0.2, 0) is 11.2 Å². The summed E-state index contributed by atoms with van der Waals surface area (Å²) in [6.45, 7) is 6.51. The van der Waals surface area contributed by atoms with E-state index in [0.717, 1.165) is 5.56 Å². The van der Waals surface area contributed by atoms with Crippen LogP contribution in [0.5, 0.6) is 0 Å². The molecule has 146 valence electrons. The lowest BCUT2D eigenvalue weighted by molar-refractivity contribution is 0.0638. The summed E-state index contributed by atoms with van der Waals surface area (Å²) < 4.78 is 23.8. The van der Waals surface area contributed by atoms with Crippen LogP contribution in [0.25, 0.3) is 5.70 Å². The van der Waals surface area contributed by atoms with Gasteiger partial charge in [0.05, 0.1) is 18.9 Å². The summed E-state index contributed by atoms with van der Waals surface area (Å²) in [6, 6.07) is 6.08. The normalized spacial score (nSPS) is 17.9. The monoisotopic (exact) mass is 385 g/mol. The Morgan fingerprint density at radius 1 is 1.21 bits per heavy atom. The lowest BCUT2D eigenvalue weighted by atomic mass is 10.1. The van der Waals surface area contributed by atoms with Gasteiger partial charge in [-0.3, -0.25) is 0 Å². The Hall–Kier alpha value is -3.20. The van der Waals surface area contributed by atoms with Gasteiger partial charge < -0.3 is 24.2 Å². The Labute approximate surface area is 161 Å². The molecule has 0 unspecified atom stereocenters. The number of aromatic nitrogens is 2. The fraction of sp³-hybridized carbons (Fsp3) is 0.316. The molecule has 0 radical (unpaired) electrons. The number of aliphatic hydroxyl groups excluding tert-OH is 1. The van der Waals surface area contributed by atoms with Crippen LogP contribution in [0.3, 0.4) is 0 Å². The van der Waals surface area contributed by atoms with E-state index < -0.39 is 0 Å². The van der Waals surface area contributed by atoms with Crippen molar-refractivity contribution in [2.24, 2.45) is 4.99 Å². The van der Waals surface area contributed by atoms with Crippen molar-refractivity contribution in [3.05, 3.63) is 65.4 Å². The zero-order valence-corrected chi connectivity index (χ0v) is 15.4. The fourth-order valence-electron chi connectivity index (χ4n) is 3.05. The van der Waals surface area contributed by atoms with Crippen LogP contribution < -0.4 is 0 Å². The number of aliphatic imine (C=N–C) groups is 1. The van der Waals surface area contributed by atoms with Crippen molar-refractivity contribution in [2.45, 2.75) is 6.42 Å². The van der Waals surface area contributed by atoms with E-state index in [0.29, 0.717) is 50.2 Å². The topological polar surface area (TPSA) is 87.2 Å². The molecule has 0 bridgehead atoms. The number of likely N-dealkylation sites (N-methyl/N-ethyl adjacent to an activating group) is 1. The number of benzene rings is 1. The van der Waals surface area contributed by atoms with Crippen LogP contribution in [0.4, 0.5) is 4.39 Å². The number of hydrogen-bond donors (Lipinski definition) is 1. The smallest absolute Gasteiger partial charge is 0.280 e. The molecule has 9 heteroatoms. The van der Waals surface area contributed by atoms with E-state index in [1.807, 2.05) is 0 Å². The molecule has 2 aliphatic rings.